The molecule has 0 unspecified atom stereocenters. The summed E-state index contributed by atoms with van der Waals surface area (Å²) in [6, 6.07) is 4.88. The second-order valence-electron chi connectivity index (χ2n) is 7.32. The second-order valence-corrected chi connectivity index (χ2v) is 7.32. The van der Waals surface area contributed by atoms with E-state index in [1.807, 2.05) is 6.20 Å². The van der Waals surface area contributed by atoms with Gasteiger partial charge in [-0.05, 0) is 65.0 Å². The van der Waals surface area contributed by atoms with Crippen molar-refractivity contribution in [2.75, 3.05) is 11.4 Å². The first-order chi connectivity index (χ1) is 9.35. The molecule has 1 fully saturated rings. The molecule has 20 heavy (non-hydrogen) atoms. The summed E-state index contributed by atoms with van der Waals surface area (Å²) < 4.78 is 0. The van der Waals surface area contributed by atoms with Crippen molar-refractivity contribution in [1.29, 1.82) is 0 Å². The molecule has 1 heterocycles. The predicted molar refractivity (Wildman–Crippen MR) is 86.0 cm³/mol. The molecular weight excluding hydrogens is 246 g/mol. The van der Waals surface area contributed by atoms with Crippen molar-refractivity contribution in [2.45, 2.75) is 65.6 Å². The highest BCUT2D eigenvalue weighted by atomic mass is 15.2. The lowest BCUT2D eigenvalue weighted by Gasteiger charge is -2.28. The first-order valence-corrected chi connectivity index (χ1v) is 7.82. The van der Waals surface area contributed by atoms with Crippen LogP contribution in [-0.2, 0) is 6.54 Å². The number of hydrogen-bond donors (Lipinski definition) is 1. The molecule has 0 aliphatic heterocycles. The van der Waals surface area contributed by atoms with Crippen LogP contribution in [0.15, 0.2) is 18.3 Å². The van der Waals surface area contributed by atoms with Crippen molar-refractivity contribution in [1.82, 2.24) is 10.3 Å². The minimum atomic E-state index is 0.147. The van der Waals surface area contributed by atoms with E-state index in [9.17, 15) is 0 Å². The lowest BCUT2D eigenvalue weighted by molar-refractivity contribution is 0.424. The first-order valence-electron chi connectivity index (χ1n) is 7.82. The van der Waals surface area contributed by atoms with E-state index in [2.05, 4.69) is 62.0 Å². The maximum Gasteiger partial charge on any atom is 0.128 e. The SMILES string of the molecule is CC(C)N(CC1CC1)c1ccc(CNC(C)(C)C)cn1. The Morgan fingerprint density at radius 3 is 2.45 bits per heavy atom. The summed E-state index contributed by atoms with van der Waals surface area (Å²) in [6.07, 6.45) is 4.78. The van der Waals surface area contributed by atoms with Crippen LogP contribution in [-0.4, -0.2) is 23.1 Å². The Hall–Kier alpha value is -1.09. The molecule has 0 saturated heterocycles. The molecule has 1 aromatic heterocycles. The quantitative estimate of drug-likeness (QED) is 0.860. The molecule has 112 valence electrons. The van der Waals surface area contributed by atoms with Gasteiger partial charge in [0, 0.05) is 30.9 Å². The van der Waals surface area contributed by atoms with Gasteiger partial charge in [0.2, 0.25) is 0 Å². The molecule has 0 amide bonds. The fourth-order valence-corrected chi connectivity index (χ4v) is 2.21. The molecule has 1 aliphatic carbocycles. The van der Waals surface area contributed by atoms with E-state index in [1.165, 1.54) is 18.4 Å². The normalized spacial score (nSPS) is 15.7. The van der Waals surface area contributed by atoms with E-state index in [4.69, 9.17) is 0 Å². The molecule has 0 atom stereocenters. The summed E-state index contributed by atoms with van der Waals surface area (Å²) in [4.78, 5) is 7.10. The summed E-state index contributed by atoms with van der Waals surface area (Å²) in [5.74, 6) is 2.01. The number of rotatable bonds is 6. The third-order valence-corrected chi connectivity index (χ3v) is 3.70. The number of nitrogens with one attached hydrogen (secondary N) is 1. The van der Waals surface area contributed by atoms with Crippen LogP contribution in [0.1, 0.15) is 53.0 Å². The lowest BCUT2D eigenvalue weighted by Crippen LogP contribution is -2.35. The van der Waals surface area contributed by atoms with E-state index in [1.54, 1.807) is 0 Å². The zero-order valence-electron chi connectivity index (χ0n) is 13.6. The minimum absolute atomic E-state index is 0.147. The predicted octanol–water partition coefficient (Wildman–Crippen LogP) is 3.59. The molecule has 1 saturated carbocycles. The average Bonchev–Trinajstić information content (AvgIpc) is 3.17. The second kappa shape index (κ2) is 6.13. The molecule has 0 bridgehead atoms. The largest absolute Gasteiger partial charge is 0.354 e. The smallest absolute Gasteiger partial charge is 0.128 e. The van der Waals surface area contributed by atoms with Crippen molar-refractivity contribution in [3.63, 3.8) is 0 Å². The number of pyridine rings is 1. The molecule has 1 aliphatic rings. The van der Waals surface area contributed by atoms with Gasteiger partial charge < -0.3 is 10.2 Å². The maximum atomic E-state index is 4.67. The van der Waals surface area contributed by atoms with Gasteiger partial charge >= 0.3 is 0 Å². The van der Waals surface area contributed by atoms with Gasteiger partial charge in [-0.15, -0.1) is 0 Å². The van der Waals surface area contributed by atoms with Crippen LogP contribution in [0.4, 0.5) is 5.82 Å². The fourth-order valence-electron chi connectivity index (χ4n) is 2.21. The Morgan fingerprint density at radius 1 is 1.30 bits per heavy atom. The lowest BCUT2D eigenvalue weighted by atomic mass is 10.1. The van der Waals surface area contributed by atoms with Gasteiger partial charge in [0.05, 0.1) is 0 Å². The van der Waals surface area contributed by atoms with Crippen molar-refractivity contribution in [3.8, 4) is 0 Å². The first kappa shape index (κ1) is 15.3. The van der Waals surface area contributed by atoms with Crippen LogP contribution in [0.5, 0.6) is 0 Å². The topological polar surface area (TPSA) is 28.2 Å². The Bertz CT molecular complexity index is 413. The van der Waals surface area contributed by atoms with Crippen molar-refractivity contribution >= 4 is 5.82 Å². The fraction of sp³-hybridized carbons (Fsp3) is 0.706. The summed E-state index contributed by atoms with van der Waals surface area (Å²) >= 11 is 0. The average molecular weight is 275 g/mol. The minimum Gasteiger partial charge on any atom is -0.354 e. The molecule has 0 aromatic carbocycles. The highest BCUT2D eigenvalue weighted by molar-refractivity contribution is 5.40. The van der Waals surface area contributed by atoms with Gasteiger partial charge in [-0.2, -0.15) is 0 Å². The Labute approximate surface area is 123 Å². The Morgan fingerprint density at radius 2 is 2.00 bits per heavy atom. The van der Waals surface area contributed by atoms with E-state index < -0.39 is 0 Å². The van der Waals surface area contributed by atoms with E-state index >= 15 is 0 Å². The zero-order valence-corrected chi connectivity index (χ0v) is 13.6. The summed E-state index contributed by atoms with van der Waals surface area (Å²) in [5.41, 5.74) is 1.40. The van der Waals surface area contributed by atoms with E-state index in [0.29, 0.717) is 6.04 Å². The van der Waals surface area contributed by atoms with E-state index in [0.717, 1.165) is 24.8 Å². The van der Waals surface area contributed by atoms with Gasteiger partial charge in [0.15, 0.2) is 0 Å². The molecule has 2 rings (SSSR count). The van der Waals surface area contributed by atoms with Crippen LogP contribution in [0.3, 0.4) is 0 Å². The molecule has 3 heteroatoms. The number of nitrogens with zero attached hydrogens (tertiary/aromatic N) is 2. The van der Waals surface area contributed by atoms with Crippen LogP contribution in [0.25, 0.3) is 0 Å². The van der Waals surface area contributed by atoms with Gasteiger partial charge in [-0.1, -0.05) is 6.07 Å². The number of hydrogen-bond acceptors (Lipinski definition) is 3. The van der Waals surface area contributed by atoms with Gasteiger partial charge in [-0.25, -0.2) is 4.98 Å². The van der Waals surface area contributed by atoms with Crippen LogP contribution >= 0.6 is 0 Å². The van der Waals surface area contributed by atoms with E-state index in [-0.39, 0.29) is 5.54 Å². The van der Waals surface area contributed by atoms with Crippen molar-refractivity contribution in [2.24, 2.45) is 5.92 Å². The highest BCUT2D eigenvalue weighted by Gasteiger charge is 2.26. The Kier molecular flexibility index (Phi) is 4.69. The van der Waals surface area contributed by atoms with Gasteiger partial charge in [0.25, 0.3) is 0 Å². The number of anilines is 1. The van der Waals surface area contributed by atoms with Gasteiger partial charge in [-0.3, -0.25) is 0 Å². The van der Waals surface area contributed by atoms with Crippen molar-refractivity contribution < 1.29 is 0 Å². The summed E-state index contributed by atoms with van der Waals surface area (Å²) in [6.45, 7) is 13.1. The number of aromatic nitrogens is 1. The third kappa shape index (κ3) is 4.78. The van der Waals surface area contributed by atoms with Crippen LogP contribution in [0, 0.1) is 5.92 Å². The summed E-state index contributed by atoms with van der Waals surface area (Å²) in [5, 5.41) is 3.50. The van der Waals surface area contributed by atoms with Crippen LogP contribution in [0.2, 0.25) is 0 Å². The Balaban J connectivity index is 1.98. The molecule has 1 aromatic rings. The molecule has 0 radical (unpaired) electrons. The molecule has 1 N–H and O–H groups in total. The third-order valence-electron chi connectivity index (χ3n) is 3.70. The monoisotopic (exact) mass is 275 g/mol. The highest BCUT2D eigenvalue weighted by Crippen LogP contribution is 2.31. The standard InChI is InChI=1S/C17H29N3/c1-13(2)20(12-14-6-7-14)16-9-8-15(10-18-16)11-19-17(3,4)5/h8-10,13-14,19H,6-7,11-12H2,1-5H3. The molecule has 3 nitrogen and oxygen atoms in total. The van der Waals surface area contributed by atoms with Crippen LogP contribution < -0.4 is 10.2 Å². The summed E-state index contributed by atoms with van der Waals surface area (Å²) in [7, 11) is 0. The van der Waals surface area contributed by atoms with Crippen molar-refractivity contribution in [3.05, 3.63) is 23.9 Å². The zero-order chi connectivity index (χ0) is 14.8. The van der Waals surface area contributed by atoms with Gasteiger partial charge in [0.1, 0.15) is 5.82 Å². The molecule has 0 spiro atoms. The molecular formula is C17H29N3. The maximum absolute atomic E-state index is 4.67.